The molecule has 4 saturated heterocycles. The van der Waals surface area contributed by atoms with E-state index in [-0.39, 0.29) is 155 Å². The minimum Gasteiger partial charge on any atom is -0.481 e. The van der Waals surface area contributed by atoms with Gasteiger partial charge in [-0.15, -0.1) is 0 Å². The summed E-state index contributed by atoms with van der Waals surface area (Å²) in [6, 6.07) is -2.75. The maximum atomic E-state index is 14.8. The number of carbonyl (C=O) groups excluding carboxylic acids is 9. The highest BCUT2D eigenvalue weighted by atomic mass is 33.1. The fraction of sp³-hybridized carbons (Fsp3) is 0.683. The van der Waals surface area contributed by atoms with Crippen LogP contribution in [0, 0.1) is 0 Å². The molecule has 9 atom stereocenters. The Hall–Kier alpha value is -7.70. The second kappa shape index (κ2) is 42.3. The maximum Gasteiger partial charge on any atom is 0.317 e. The molecule has 13 N–H and O–H groups in total. The largest absolute Gasteiger partial charge is 0.481 e. The number of aliphatic hydroxyl groups excluding tert-OH is 1. The van der Waals surface area contributed by atoms with Crippen LogP contribution in [0.1, 0.15) is 109 Å². The number of nitrogens with zero attached hydrogens (tertiary/aromatic N) is 6. The summed E-state index contributed by atoms with van der Waals surface area (Å²) in [6.07, 6.45) is 0.164. The lowest BCUT2D eigenvalue weighted by Gasteiger charge is -2.33. The first-order chi connectivity index (χ1) is 46.7. The number of rotatable bonds is 28. The van der Waals surface area contributed by atoms with Gasteiger partial charge in [-0.25, -0.2) is 0 Å². The molecule has 0 aromatic heterocycles. The number of benzene rings is 1. The van der Waals surface area contributed by atoms with Crippen molar-refractivity contribution in [2.24, 2.45) is 0 Å². The highest BCUT2D eigenvalue weighted by Gasteiger charge is 2.45. The topological polar surface area (TPSA) is 464 Å². The zero-order chi connectivity index (χ0) is 71.8. The van der Waals surface area contributed by atoms with Crippen molar-refractivity contribution in [2.75, 3.05) is 110 Å². The maximum absolute atomic E-state index is 14.8. The number of aliphatic carboxylic acids is 5. The van der Waals surface area contributed by atoms with Crippen LogP contribution in [-0.2, 0) is 73.5 Å². The fourth-order valence-corrected chi connectivity index (χ4v) is 14.3. The van der Waals surface area contributed by atoms with Crippen molar-refractivity contribution in [3.05, 3.63) is 35.9 Å². The molecule has 546 valence electrons. The molecule has 4 fully saturated rings. The Balaban J connectivity index is 1.40. The molecule has 0 aliphatic carbocycles. The van der Waals surface area contributed by atoms with Gasteiger partial charge < -0.3 is 77.7 Å². The summed E-state index contributed by atoms with van der Waals surface area (Å²) < 4.78 is 0. The van der Waals surface area contributed by atoms with Crippen molar-refractivity contribution >= 4 is 105 Å². The summed E-state index contributed by atoms with van der Waals surface area (Å²) in [5, 5.41) is 78.2. The Morgan fingerprint density at radius 2 is 1.10 bits per heavy atom. The van der Waals surface area contributed by atoms with E-state index in [1.165, 1.54) is 16.7 Å². The zero-order valence-corrected chi connectivity index (χ0v) is 57.2. The minimum absolute atomic E-state index is 0.0429. The Bertz CT molecular complexity index is 2870. The molecule has 0 unspecified atom stereocenters. The second-order valence-corrected chi connectivity index (χ2v) is 27.5. The molecule has 1 aromatic rings. The molecule has 4 aliphatic rings. The van der Waals surface area contributed by atoms with Gasteiger partial charge in [0.05, 0.1) is 38.7 Å². The van der Waals surface area contributed by atoms with Crippen LogP contribution in [0.2, 0.25) is 0 Å². The highest BCUT2D eigenvalue weighted by Crippen LogP contribution is 2.29. The number of carboxylic acids is 5. The fourth-order valence-electron chi connectivity index (χ4n) is 12.0. The summed E-state index contributed by atoms with van der Waals surface area (Å²) in [5.74, 6) is -13.2. The van der Waals surface area contributed by atoms with Crippen LogP contribution in [0.3, 0.4) is 0 Å². The molecule has 35 heteroatoms. The standard InChI is InChI=1S/C63H97N13O20S2/c1-3-4-6-18-49(78)66-46-39-98-97-38-45(59(92)65-42(33-52(82)83)15-9-10-21-64-50(79)34-71-24-26-72(35-53(84)85)28-30-74(37-55(88)89)31-29-73(27-25-71)36-54(86)87)69-58(91)44(32-41-13-7-5-8-14-41)68-57(90)43(19-20-51(80)81)67-61(94)56(40(2)77)70-60(93)47-16-11-22-75(47)63(96)48-17-12-23-76(48)62(46)95/h5,7-8,13-14,40,42-48,56,77H,3-4,6,9-12,15-39H2,1-2H3,(H,64,79)(H,65,92)(H,66,78)(H,67,94)(H,68,90)(H,69,91)(H,70,93)(H,80,81)(H,82,83)(H,84,85)(H,86,87)(H,88,89)/t40-,42+,43+,44+,45+,46+,47+,48+,56+/m1/s1. The quantitative estimate of drug-likeness (QED) is 0.0307. The number of hydrogen-bond acceptors (Lipinski definition) is 21. The van der Waals surface area contributed by atoms with Gasteiger partial charge in [0.1, 0.15) is 42.3 Å². The average molecular weight is 1420 g/mol. The number of aliphatic hydroxyl groups is 1. The molecule has 9 amide bonds. The van der Waals surface area contributed by atoms with E-state index >= 15 is 0 Å². The molecule has 5 rings (SSSR count). The van der Waals surface area contributed by atoms with Gasteiger partial charge in [0.25, 0.3) is 0 Å². The van der Waals surface area contributed by atoms with Crippen LogP contribution in [0.5, 0.6) is 0 Å². The van der Waals surface area contributed by atoms with Crippen molar-refractivity contribution in [1.82, 2.24) is 66.6 Å². The third-order valence-corrected chi connectivity index (χ3v) is 19.6. The van der Waals surface area contributed by atoms with Gasteiger partial charge in [0, 0.05) is 109 Å². The summed E-state index contributed by atoms with van der Waals surface area (Å²) in [7, 11) is 2.06. The normalized spacial score (nSPS) is 23.8. The highest BCUT2D eigenvalue weighted by molar-refractivity contribution is 8.76. The molecule has 4 aliphatic heterocycles. The zero-order valence-electron chi connectivity index (χ0n) is 55.6. The summed E-state index contributed by atoms with van der Waals surface area (Å²) in [6.45, 7) is 3.75. The SMILES string of the molecule is CCCCCC(=O)N[C@H]1CSSC[C@@H](C(=O)N[C@@H](CCCCNC(=O)CN2CCN(CC(=O)O)CCN(CC(=O)O)CCN(CC(=O)O)CC2)CC(=O)O)NC(=O)[C@H](Cc2ccccc2)NC(=O)[C@H](CCC(=O)O)NC(=O)[C@H]([C@@H](C)O)NC(=O)[C@@H]2CCCN2C(=O)[C@@H]2CCCN2C1=O. The first kappa shape index (κ1) is 81.0. The molecule has 4 heterocycles. The molecule has 1 aromatic carbocycles. The van der Waals surface area contributed by atoms with E-state index in [9.17, 15) is 97.8 Å². The van der Waals surface area contributed by atoms with Crippen molar-refractivity contribution in [3.8, 4) is 0 Å². The predicted octanol–water partition coefficient (Wildman–Crippen LogP) is -2.42. The van der Waals surface area contributed by atoms with Crippen molar-refractivity contribution in [3.63, 3.8) is 0 Å². The lowest BCUT2D eigenvalue weighted by atomic mass is 10.0. The van der Waals surface area contributed by atoms with Crippen molar-refractivity contribution in [2.45, 2.75) is 165 Å². The van der Waals surface area contributed by atoms with Gasteiger partial charge in [-0.1, -0.05) is 71.7 Å². The lowest BCUT2D eigenvalue weighted by molar-refractivity contribution is -0.148. The van der Waals surface area contributed by atoms with Crippen LogP contribution in [0.4, 0.5) is 0 Å². The molecule has 0 radical (unpaired) electrons. The van der Waals surface area contributed by atoms with Crippen molar-refractivity contribution in [1.29, 1.82) is 0 Å². The molecular formula is C63H97N13O20S2. The number of amides is 9. The van der Waals surface area contributed by atoms with Crippen LogP contribution in [-0.4, -0.2) is 307 Å². The number of nitrogens with one attached hydrogen (secondary N) is 7. The van der Waals surface area contributed by atoms with E-state index in [0.29, 0.717) is 24.8 Å². The second-order valence-electron chi connectivity index (χ2n) is 25.0. The van der Waals surface area contributed by atoms with Gasteiger partial charge in [-0.2, -0.15) is 0 Å². The van der Waals surface area contributed by atoms with E-state index in [1.54, 1.807) is 49.9 Å². The molecule has 98 heavy (non-hydrogen) atoms. The summed E-state index contributed by atoms with van der Waals surface area (Å²) in [5.41, 5.74) is 0.500. The summed E-state index contributed by atoms with van der Waals surface area (Å²) >= 11 is 0. The van der Waals surface area contributed by atoms with Gasteiger partial charge >= 0.3 is 29.8 Å². The van der Waals surface area contributed by atoms with Crippen LogP contribution in [0.25, 0.3) is 0 Å². The third kappa shape index (κ3) is 28.6. The van der Waals surface area contributed by atoms with Crippen molar-refractivity contribution < 1.29 is 97.8 Å². The van der Waals surface area contributed by atoms with Crippen LogP contribution in [0.15, 0.2) is 30.3 Å². The minimum atomic E-state index is -1.76. The van der Waals surface area contributed by atoms with Crippen LogP contribution >= 0.6 is 21.6 Å². The lowest BCUT2D eigenvalue weighted by Crippen LogP contribution is -2.61. The summed E-state index contributed by atoms with van der Waals surface area (Å²) in [4.78, 5) is 197. The number of fused-ring (bicyclic) bond motifs is 2. The van der Waals surface area contributed by atoms with E-state index in [0.717, 1.165) is 34.4 Å². The number of hydrogen-bond donors (Lipinski definition) is 13. The first-order valence-electron chi connectivity index (χ1n) is 33.3. The predicted molar refractivity (Wildman–Crippen MR) is 357 cm³/mol. The van der Waals surface area contributed by atoms with E-state index in [4.69, 9.17) is 0 Å². The van der Waals surface area contributed by atoms with E-state index in [2.05, 4.69) is 37.2 Å². The van der Waals surface area contributed by atoms with Crippen LogP contribution < -0.4 is 37.2 Å². The van der Waals surface area contributed by atoms with Gasteiger partial charge in [0.2, 0.25) is 53.2 Å². The molecule has 33 nitrogen and oxygen atoms in total. The Labute approximate surface area is 576 Å². The monoisotopic (exact) mass is 1420 g/mol. The number of carbonyl (C=O) groups is 14. The Morgan fingerprint density at radius 1 is 0.561 bits per heavy atom. The molecular weight excluding hydrogens is 1320 g/mol. The first-order valence-corrected chi connectivity index (χ1v) is 35.8. The Morgan fingerprint density at radius 3 is 1.65 bits per heavy atom. The number of carboxylic acid groups (broad SMARTS) is 5. The molecule has 0 spiro atoms. The smallest absolute Gasteiger partial charge is 0.317 e. The van der Waals surface area contributed by atoms with Gasteiger partial charge in [-0.05, 0) is 70.3 Å². The Kier molecular flexibility index (Phi) is 35.0. The third-order valence-electron chi connectivity index (χ3n) is 17.2. The molecule has 0 saturated carbocycles. The average Bonchev–Trinajstić information content (AvgIpc) is 1.65. The van der Waals surface area contributed by atoms with Gasteiger partial charge in [-0.3, -0.25) is 86.7 Å². The van der Waals surface area contributed by atoms with E-state index < -0.39 is 157 Å². The van der Waals surface area contributed by atoms with Gasteiger partial charge in [0.15, 0.2) is 0 Å². The molecule has 0 bridgehead atoms. The van der Waals surface area contributed by atoms with E-state index in [1.807, 2.05) is 6.92 Å². The number of unbranched alkanes of at least 4 members (excludes halogenated alkanes) is 3.